The molecule has 2 heterocycles. The minimum absolute atomic E-state index is 0.558. The van der Waals surface area contributed by atoms with Crippen molar-refractivity contribution in [1.29, 1.82) is 0 Å². The third kappa shape index (κ3) is 4.07. The van der Waals surface area contributed by atoms with E-state index in [1.165, 1.54) is 109 Å². The van der Waals surface area contributed by atoms with Crippen molar-refractivity contribution in [2.24, 2.45) is 0 Å². The molecule has 0 N–H and O–H groups in total. The van der Waals surface area contributed by atoms with Gasteiger partial charge < -0.3 is 4.90 Å². The Morgan fingerprint density at radius 1 is 0.298 bits per heavy atom. The summed E-state index contributed by atoms with van der Waals surface area (Å²) in [6.07, 6.45) is 0. The fraction of sp³-hybridized carbons (Fsp3) is 0.0182. The summed E-state index contributed by atoms with van der Waals surface area (Å²) in [6, 6.07) is 75.4. The monoisotopic (exact) mass is 739 g/mol. The first-order chi connectivity index (χ1) is 28.3. The molecule has 2 aliphatic carbocycles. The molecule has 0 saturated carbocycles. The molecule has 0 bridgehead atoms. The number of benzene rings is 9. The van der Waals surface area contributed by atoms with E-state index in [9.17, 15) is 0 Å². The van der Waals surface area contributed by atoms with Gasteiger partial charge in [0.05, 0.1) is 16.8 Å². The van der Waals surface area contributed by atoms with E-state index in [1.807, 2.05) is 11.3 Å². The predicted octanol–water partition coefficient (Wildman–Crippen LogP) is 15.2. The van der Waals surface area contributed by atoms with Crippen LogP contribution in [0, 0.1) is 0 Å². The van der Waals surface area contributed by atoms with E-state index in [2.05, 4.69) is 205 Å². The fourth-order valence-corrected chi connectivity index (χ4v) is 11.7. The van der Waals surface area contributed by atoms with Gasteiger partial charge in [0, 0.05) is 37.0 Å². The van der Waals surface area contributed by atoms with Crippen LogP contribution in [0.4, 0.5) is 17.1 Å². The predicted molar refractivity (Wildman–Crippen MR) is 240 cm³/mol. The van der Waals surface area contributed by atoms with Crippen LogP contribution in [0.1, 0.15) is 22.3 Å². The van der Waals surface area contributed by atoms with Crippen molar-refractivity contribution in [3.63, 3.8) is 0 Å². The maximum Gasteiger partial charge on any atom is 0.0725 e. The van der Waals surface area contributed by atoms with Crippen molar-refractivity contribution in [2.75, 3.05) is 4.90 Å². The van der Waals surface area contributed by atoms with Crippen molar-refractivity contribution in [3.8, 4) is 55.6 Å². The average molecular weight is 740 g/mol. The number of thiophene rings is 1. The zero-order valence-electron chi connectivity index (χ0n) is 30.9. The molecule has 2 heteroatoms. The molecular weight excluding hydrogens is 707 g/mol. The highest BCUT2D eigenvalue weighted by Crippen LogP contribution is 2.63. The lowest BCUT2D eigenvalue weighted by atomic mass is 9.65. The third-order valence-corrected chi connectivity index (χ3v) is 14.0. The van der Waals surface area contributed by atoms with Gasteiger partial charge in [0.25, 0.3) is 0 Å². The molecule has 1 unspecified atom stereocenters. The maximum atomic E-state index is 2.55. The van der Waals surface area contributed by atoms with Gasteiger partial charge in [-0.15, -0.1) is 11.3 Å². The lowest BCUT2D eigenvalue weighted by Crippen LogP contribution is -2.29. The highest BCUT2D eigenvalue weighted by Gasteiger charge is 2.50. The van der Waals surface area contributed by atoms with Crippen LogP contribution in [-0.4, -0.2) is 0 Å². The molecule has 3 aliphatic rings. The fourth-order valence-electron chi connectivity index (χ4n) is 10.6. The van der Waals surface area contributed by atoms with Gasteiger partial charge in [-0.25, -0.2) is 0 Å². The topological polar surface area (TPSA) is 3.24 Å². The number of hydrogen-bond donors (Lipinski definition) is 0. The van der Waals surface area contributed by atoms with E-state index >= 15 is 0 Å². The molecule has 0 saturated heterocycles. The summed E-state index contributed by atoms with van der Waals surface area (Å²) in [5, 5.41) is 2.66. The van der Waals surface area contributed by atoms with Crippen LogP contribution in [0.3, 0.4) is 0 Å². The molecule has 1 aromatic heterocycles. The second-order valence-corrected chi connectivity index (χ2v) is 16.6. The number of nitrogens with zero attached hydrogens (tertiary/aromatic N) is 1. The molecule has 9 aromatic carbocycles. The molecule has 1 nitrogen and oxygen atoms in total. The van der Waals surface area contributed by atoms with Gasteiger partial charge in [0.1, 0.15) is 0 Å². The minimum atomic E-state index is -0.558. The van der Waals surface area contributed by atoms with E-state index < -0.39 is 5.41 Å². The highest BCUT2D eigenvalue weighted by atomic mass is 32.1. The summed E-state index contributed by atoms with van der Waals surface area (Å²) in [4.78, 5) is 2.50. The molecule has 1 spiro atoms. The zero-order valence-corrected chi connectivity index (χ0v) is 31.7. The van der Waals surface area contributed by atoms with E-state index in [0.717, 1.165) is 5.69 Å². The van der Waals surface area contributed by atoms with Crippen molar-refractivity contribution < 1.29 is 0 Å². The molecular formula is C55H33NS. The third-order valence-electron chi connectivity index (χ3n) is 12.8. The first kappa shape index (κ1) is 31.2. The lowest BCUT2D eigenvalue weighted by Gasteiger charge is -2.36. The van der Waals surface area contributed by atoms with Gasteiger partial charge in [0.15, 0.2) is 0 Å². The van der Waals surface area contributed by atoms with Crippen LogP contribution in [0.15, 0.2) is 200 Å². The highest BCUT2D eigenvalue weighted by molar-refractivity contribution is 7.25. The van der Waals surface area contributed by atoms with Crippen molar-refractivity contribution >= 4 is 48.6 Å². The molecule has 0 amide bonds. The Morgan fingerprint density at radius 3 is 1.40 bits per heavy atom. The van der Waals surface area contributed by atoms with Gasteiger partial charge in [0.2, 0.25) is 0 Å². The molecule has 10 aromatic rings. The molecule has 0 fully saturated rings. The SMILES string of the molecule is c1ccc2c(c1)-c1ccccc1N(c1ccc3c(c1)-c1ccccc1-c1ccccc1C31c3ccccc3-c3cc4sc5ccccc5c4cc31)c1ccccc1-2. The Kier molecular flexibility index (Phi) is 6.31. The number of fused-ring (bicyclic) bond motifs is 20. The smallest absolute Gasteiger partial charge is 0.0725 e. The van der Waals surface area contributed by atoms with Gasteiger partial charge in [-0.1, -0.05) is 158 Å². The standard InChI is InChI=1S/C55H33NS/c1-4-18-38-35(15-1)39-19-5-10-24-47(39)55(48-25-11-6-20-40(48)45-33-54-46(32-50(45)55)43-23-9-14-28-53(43)57-54)49-30-29-34(31-44(38)49)56-51-26-12-7-21-41(51)36-16-2-3-17-37(36)42-22-8-13-27-52(42)56/h1-33H. The summed E-state index contributed by atoms with van der Waals surface area (Å²) in [5.74, 6) is 0. The first-order valence-electron chi connectivity index (χ1n) is 19.8. The molecule has 1 aliphatic heterocycles. The Labute approximate surface area is 335 Å². The molecule has 13 rings (SSSR count). The van der Waals surface area contributed by atoms with Gasteiger partial charge in [-0.3, -0.25) is 0 Å². The number of hydrogen-bond acceptors (Lipinski definition) is 2. The molecule has 1 atom stereocenters. The van der Waals surface area contributed by atoms with Crippen LogP contribution in [0.5, 0.6) is 0 Å². The van der Waals surface area contributed by atoms with E-state index in [0.29, 0.717) is 0 Å². The minimum Gasteiger partial charge on any atom is -0.309 e. The van der Waals surface area contributed by atoms with Crippen molar-refractivity contribution in [1.82, 2.24) is 0 Å². The summed E-state index contributed by atoms with van der Waals surface area (Å²) >= 11 is 1.90. The number of anilines is 3. The van der Waals surface area contributed by atoms with E-state index in [1.54, 1.807) is 0 Å². The summed E-state index contributed by atoms with van der Waals surface area (Å²) < 4.78 is 2.67. The van der Waals surface area contributed by atoms with E-state index in [-0.39, 0.29) is 0 Å². The Hall–Kier alpha value is -7.00. The lowest BCUT2D eigenvalue weighted by molar-refractivity contribution is 0.776. The van der Waals surface area contributed by atoms with Crippen LogP contribution >= 0.6 is 11.3 Å². The molecule has 57 heavy (non-hydrogen) atoms. The largest absolute Gasteiger partial charge is 0.309 e. The van der Waals surface area contributed by atoms with E-state index in [4.69, 9.17) is 0 Å². The van der Waals surface area contributed by atoms with Gasteiger partial charge in [-0.05, 0) is 109 Å². The average Bonchev–Trinajstić information content (AvgIpc) is 3.70. The molecule has 264 valence electrons. The van der Waals surface area contributed by atoms with Crippen LogP contribution in [-0.2, 0) is 5.41 Å². The molecule has 0 radical (unpaired) electrons. The maximum absolute atomic E-state index is 2.55. The second kappa shape index (κ2) is 11.5. The van der Waals surface area contributed by atoms with Crippen LogP contribution in [0.2, 0.25) is 0 Å². The van der Waals surface area contributed by atoms with Crippen LogP contribution < -0.4 is 4.90 Å². The summed E-state index contributed by atoms with van der Waals surface area (Å²) in [5.41, 5.74) is 21.0. The number of rotatable bonds is 1. The quantitative estimate of drug-likeness (QED) is 0.162. The van der Waals surface area contributed by atoms with Crippen molar-refractivity contribution in [2.45, 2.75) is 5.41 Å². The van der Waals surface area contributed by atoms with Gasteiger partial charge in [-0.2, -0.15) is 0 Å². The summed E-state index contributed by atoms with van der Waals surface area (Å²) in [6.45, 7) is 0. The normalized spacial score (nSPS) is 15.4. The Morgan fingerprint density at radius 2 is 0.754 bits per heavy atom. The zero-order chi connectivity index (χ0) is 37.2. The van der Waals surface area contributed by atoms with Crippen LogP contribution in [0.25, 0.3) is 75.8 Å². The Bertz CT molecular complexity index is 3260. The second-order valence-electron chi connectivity index (χ2n) is 15.5. The van der Waals surface area contributed by atoms with Gasteiger partial charge >= 0.3 is 0 Å². The summed E-state index contributed by atoms with van der Waals surface area (Å²) in [7, 11) is 0. The number of para-hydroxylation sites is 2. The van der Waals surface area contributed by atoms with Crippen molar-refractivity contribution in [3.05, 3.63) is 222 Å². The Balaban J connectivity index is 1.17. The first-order valence-corrected chi connectivity index (χ1v) is 20.6.